The van der Waals surface area contributed by atoms with Crippen LogP contribution in [-0.2, 0) is 0 Å². The lowest BCUT2D eigenvalue weighted by Crippen LogP contribution is -2.02. The predicted molar refractivity (Wildman–Crippen MR) is 59.7 cm³/mol. The molecule has 2 rings (SSSR count). The van der Waals surface area contributed by atoms with Crippen molar-refractivity contribution in [3.05, 3.63) is 64.7 Å². The summed E-state index contributed by atoms with van der Waals surface area (Å²) in [5.74, 6) is -0.485. The fraction of sp³-hybridized carbons (Fsp3) is 0.0833. The summed E-state index contributed by atoms with van der Waals surface area (Å²) in [6, 6.07) is 7.45. The smallest absolute Gasteiger partial charge is 0.129 e. The summed E-state index contributed by atoms with van der Waals surface area (Å²) >= 11 is 5.75. The van der Waals surface area contributed by atoms with E-state index in [9.17, 15) is 9.50 Å². The number of halogens is 2. The summed E-state index contributed by atoms with van der Waals surface area (Å²) in [4.78, 5) is 3.87. The number of hydrogen-bond acceptors (Lipinski definition) is 2. The zero-order valence-corrected chi connectivity index (χ0v) is 9.03. The molecule has 2 aromatic rings. The highest BCUT2D eigenvalue weighted by Gasteiger charge is 2.15. The van der Waals surface area contributed by atoms with Crippen LogP contribution in [0.15, 0.2) is 42.7 Å². The molecule has 16 heavy (non-hydrogen) atoms. The van der Waals surface area contributed by atoms with Crippen LogP contribution in [0.25, 0.3) is 0 Å². The first-order valence-electron chi connectivity index (χ1n) is 4.71. The SMILES string of the molecule is OC(c1cccnc1)c1cc(Cl)ccc1F. The molecule has 1 unspecified atom stereocenters. The van der Waals surface area contributed by atoms with E-state index in [4.69, 9.17) is 11.6 Å². The molecule has 1 N–H and O–H groups in total. The number of rotatable bonds is 2. The lowest BCUT2D eigenvalue weighted by molar-refractivity contribution is 0.214. The fourth-order valence-corrected chi connectivity index (χ4v) is 1.62. The Morgan fingerprint density at radius 3 is 2.81 bits per heavy atom. The number of pyridine rings is 1. The first-order chi connectivity index (χ1) is 7.68. The molecule has 0 aliphatic carbocycles. The molecule has 0 fully saturated rings. The molecule has 0 aliphatic rings. The zero-order chi connectivity index (χ0) is 11.5. The van der Waals surface area contributed by atoms with Crippen LogP contribution in [0.5, 0.6) is 0 Å². The van der Waals surface area contributed by atoms with E-state index in [0.29, 0.717) is 10.6 Å². The van der Waals surface area contributed by atoms with Crippen LogP contribution in [0.3, 0.4) is 0 Å². The molecule has 0 spiro atoms. The molecule has 82 valence electrons. The van der Waals surface area contributed by atoms with Gasteiger partial charge in [0.05, 0.1) is 0 Å². The van der Waals surface area contributed by atoms with Crippen LogP contribution in [0, 0.1) is 5.82 Å². The second kappa shape index (κ2) is 4.60. The molecule has 0 radical (unpaired) electrons. The van der Waals surface area contributed by atoms with Gasteiger partial charge in [-0.05, 0) is 24.3 Å². The van der Waals surface area contributed by atoms with Crippen molar-refractivity contribution in [2.24, 2.45) is 0 Å². The molecular formula is C12H9ClFNO. The average molecular weight is 238 g/mol. The molecule has 0 aliphatic heterocycles. The fourth-order valence-electron chi connectivity index (χ4n) is 1.44. The van der Waals surface area contributed by atoms with Crippen molar-refractivity contribution in [3.63, 3.8) is 0 Å². The van der Waals surface area contributed by atoms with E-state index in [1.54, 1.807) is 18.3 Å². The minimum Gasteiger partial charge on any atom is -0.383 e. The predicted octanol–water partition coefficient (Wildman–Crippen LogP) is 2.96. The van der Waals surface area contributed by atoms with Crippen LogP contribution in [0.4, 0.5) is 4.39 Å². The standard InChI is InChI=1S/C12H9ClFNO/c13-9-3-4-11(14)10(6-9)12(16)8-2-1-5-15-7-8/h1-7,12,16H. The van der Waals surface area contributed by atoms with Crippen molar-refractivity contribution in [2.75, 3.05) is 0 Å². The van der Waals surface area contributed by atoms with Crippen LogP contribution in [0.2, 0.25) is 5.02 Å². The monoisotopic (exact) mass is 237 g/mol. The molecule has 0 saturated heterocycles. The van der Waals surface area contributed by atoms with E-state index in [1.165, 1.54) is 24.4 Å². The quantitative estimate of drug-likeness (QED) is 0.871. The minimum absolute atomic E-state index is 0.153. The molecule has 0 amide bonds. The van der Waals surface area contributed by atoms with Gasteiger partial charge in [-0.25, -0.2) is 4.39 Å². The molecule has 4 heteroatoms. The van der Waals surface area contributed by atoms with Crippen LogP contribution < -0.4 is 0 Å². The Balaban J connectivity index is 2.41. The maximum Gasteiger partial charge on any atom is 0.129 e. The van der Waals surface area contributed by atoms with Gasteiger partial charge in [0.25, 0.3) is 0 Å². The summed E-state index contributed by atoms with van der Waals surface area (Å²) in [5, 5.41) is 10.3. The molecule has 0 saturated carbocycles. The van der Waals surface area contributed by atoms with E-state index in [2.05, 4.69) is 4.98 Å². The second-order valence-electron chi connectivity index (χ2n) is 3.35. The van der Waals surface area contributed by atoms with Gasteiger partial charge < -0.3 is 5.11 Å². The van der Waals surface area contributed by atoms with E-state index < -0.39 is 11.9 Å². The number of aromatic nitrogens is 1. The minimum atomic E-state index is -1.05. The van der Waals surface area contributed by atoms with Gasteiger partial charge in [0.15, 0.2) is 0 Å². The van der Waals surface area contributed by atoms with Gasteiger partial charge in [0.1, 0.15) is 11.9 Å². The van der Waals surface area contributed by atoms with Gasteiger partial charge in [0, 0.05) is 28.5 Å². The number of aliphatic hydroxyl groups is 1. The highest BCUT2D eigenvalue weighted by molar-refractivity contribution is 6.30. The van der Waals surface area contributed by atoms with Crippen molar-refractivity contribution < 1.29 is 9.50 Å². The average Bonchev–Trinajstić information content (AvgIpc) is 2.32. The Morgan fingerprint density at radius 2 is 2.12 bits per heavy atom. The molecule has 1 aromatic carbocycles. The Bertz CT molecular complexity index is 490. The highest BCUT2D eigenvalue weighted by atomic mass is 35.5. The van der Waals surface area contributed by atoms with Crippen LogP contribution >= 0.6 is 11.6 Å². The second-order valence-corrected chi connectivity index (χ2v) is 3.79. The number of aliphatic hydroxyl groups excluding tert-OH is 1. The third kappa shape index (κ3) is 2.21. The summed E-state index contributed by atoms with van der Waals surface area (Å²) < 4.78 is 13.5. The van der Waals surface area contributed by atoms with Crippen molar-refractivity contribution in [3.8, 4) is 0 Å². The first-order valence-corrected chi connectivity index (χ1v) is 5.09. The molecule has 1 aromatic heterocycles. The highest BCUT2D eigenvalue weighted by Crippen LogP contribution is 2.26. The van der Waals surface area contributed by atoms with Gasteiger partial charge in [-0.15, -0.1) is 0 Å². The van der Waals surface area contributed by atoms with Gasteiger partial charge in [-0.2, -0.15) is 0 Å². The number of nitrogens with zero attached hydrogens (tertiary/aromatic N) is 1. The third-order valence-corrected chi connectivity index (χ3v) is 2.49. The lowest BCUT2D eigenvalue weighted by Gasteiger charge is -2.12. The third-order valence-electron chi connectivity index (χ3n) is 2.25. The summed E-state index contributed by atoms with van der Waals surface area (Å²) in [5.41, 5.74) is 0.684. The normalized spacial score (nSPS) is 12.4. The van der Waals surface area contributed by atoms with Crippen molar-refractivity contribution in [2.45, 2.75) is 6.10 Å². The number of hydrogen-bond donors (Lipinski definition) is 1. The zero-order valence-electron chi connectivity index (χ0n) is 8.27. The Morgan fingerprint density at radius 1 is 1.31 bits per heavy atom. The van der Waals surface area contributed by atoms with Crippen LogP contribution in [-0.4, -0.2) is 10.1 Å². The Kier molecular flexibility index (Phi) is 3.17. The molecular weight excluding hydrogens is 229 g/mol. The lowest BCUT2D eigenvalue weighted by atomic mass is 10.0. The van der Waals surface area contributed by atoms with Crippen molar-refractivity contribution in [1.29, 1.82) is 0 Å². The van der Waals surface area contributed by atoms with E-state index in [-0.39, 0.29) is 5.56 Å². The van der Waals surface area contributed by atoms with E-state index in [1.807, 2.05) is 0 Å². The van der Waals surface area contributed by atoms with E-state index in [0.717, 1.165) is 0 Å². The summed E-state index contributed by atoms with van der Waals surface area (Å²) in [7, 11) is 0. The van der Waals surface area contributed by atoms with Gasteiger partial charge >= 0.3 is 0 Å². The topological polar surface area (TPSA) is 33.1 Å². The summed E-state index contributed by atoms with van der Waals surface area (Å²) in [6.45, 7) is 0. The van der Waals surface area contributed by atoms with Crippen LogP contribution in [0.1, 0.15) is 17.2 Å². The Labute approximate surface area is 97.3 Å². The Hall–Kier alpha value is -1.45. The van der Waals surface area contributed by atoms with Gasteiger partial charge in [-0.3, -0.25) is 4.98 Å². The molecule has 2 nitrogen and oxygen atoms in total. The van der Waals surface area contributed by atoms with Gasteiger partial charge in [0.2, 0.25) is 0 Å². The molecule has 1 heterocycles. The maximum absolute atomic E-state index is 13.5. The first kappa shape index (κ1) is 11.0. The summed E-state index contributed by atoms with van der Waals surface area (Å²) in [6.07, 6.45) is 2.03. The van der Waals surface area contributed by atoms with E-state index >= 15 is 0 Å². The maximum atomic E-state index is 13.5. The molecule has 1 atom stereocenters. The van der Waals surface area contributed by atoms with Crippen molar-refractivity contribution >= 4 is 11.6 Å². The molecule has 0 bridgehead atoms. The largest absolute Gasteiger partial charge is 0.383 e. The number of benzene rings is 1. The van der Waals surface area contributed by atoms with Gasteiger partial charge in [-0.1, -0.05) is 17.7 Å². The van der Waals surface area contributed by atoms with Crippen molar-refractivity contribution in [1.82, 2.24) is 4.98 Å².